The lowest BCUT2D eigenvalue weighted by Gasteiger charge is -2.38. The highest BCUT2D eigenvalue weighted by molar-refractivity contribution is 5.94. The van der Waals surface area contributed by atoms with E-state index in [0.29, 0.717) is 18.2 Å². The van der Waals surface area contributed by atoms with Crippen molar-refractivity contribution < 1.29 is 14.1 Å². The maximum Gasteiger partial charge on any atom is 0.247 e. The number of hydrogen-bond acceptors (Lipinski definition) is 5. The maximum absolute atomic E-state index is 13.0. The molecule has 2 aliphatic rings. The van der Waals surface area contributed by atoms with Crippen molar-refractivity contribution in [3.05, 3.63) is 47.7 Å². The number of carbonyl (C=O) groups is 1. The molecule has 1 unspecified atom stereocenters. The summed E-state index contributed by atoms with van der Waals surface area (Å²) in [5.74, 6) is 1.03. The largest absolute Gasteiger partial charge is 0.372 e. The Morgan fingerprint density at radius 2 is 2.12 bits per heavy atom. The minimum Gasteiger partial charge on any atom is -0.372 e. The van der Waals surface area contributed by atoms with Gasteiger partial charge in [0.2, 0.25) is 5.91 Å². The van der Waals surface area contributed by atoms with Gasteiger partial charge in [0.05, 0.1) is 12.2 Å². The number of aryl methyl sites for hydroxylation is 1. The zero-order valence-corrected chi connectivity index (χ0v) is 13.7. The fraction of sp³-hybridized carbons (Fsp3) is 0.444. The van der Waals surface area contributed by atoms with Crippen molar-refractivity contribution in [3.8, 4) is 0 Å². The van der Waals surface area contributed by atoms with Gasteiger partial charge in [0.1, 0.15) is 11.8 Å². The molecule has 6 nitrogen and oxygen atoms in total. The molecule has 24 heavy (non-hydrogen) atoms. The number of carbonyl (C=O) groups excluding carboxylic acids is 1. The van der Waals surface area contributed by atoms with Crippen LogP contribution >= 0.6 is 0 Å². The minimum atomic E-state index is -0.357. The summed E-state index contributed by atoms with van der Waals surface area (Å²) in [6, 6.07) is 11.2. The van der Waals surface area contributed by atoms with Gasteiger partial charge in [-0.1, -0.05) is 35.5 Å². The van der Waals surface area contributed by atoms with E-state index in [1.54, 1.807) is 13.0 Å². The molecule has 2 aromatic rings. The molecule has 1 aromatic heterocycles. The van der Waals surface area contributed by atoms with Crippen LogP contribution in [0.3, 0.4) is 0 Å². The molecule has 1 saturated heterocycles. The van der Waals surface area contributed by atoms with E-state index >= 15 is 0 Å². The van der Waals surface area contributed by atoms with E-state index in [1.807, 2.05) is 30.3 Å². The molecule has 1 spiro atoms. The van der Waals surface area contributed by atoms with Crippen LogP contribution in [0.4, 0.5) is 5.82 Å². The average Bonchev–Trinajstić information content (AvgIpc) is 3.19. The molecule has 0 bridgehead atoms. The van der Waals surface area contributed by atoms with Crippen molar-refractivity contribution in [2.45, 2.75) is 31.4 Å². The first-order valence-corrected chi connectivity index (χ1v) is 8.32. The third-order valence-electron chi connectivity index (χ3n) is 4.69. The molecule has 1 atom stereocenters. The first kappa shape index (κ1) is 15.4. The minimum absolute atomic E-state index is 0.0317. The van der Waals surface area contributed by atoms with Gasteiger partial charge in [0, 0.05) is 19.2 Å². The summed E-state index contributed by atoms with van der Waals surface area (Å²) >= 11 is 0. The summed E-state index contributed by atoms with van der Waals surface area (Å²) in [5.41, 5.74) is 0.948. The highest BCUT2D eigenvalue weighted by Crippen LogP contribution is 2.43. The molecule has 1 aliphatic carbocycles. The first-order chi connectivity index (χ1) is 11.7. The van der Waals surface area contributed by atoms with Crippen molar-refractivity contribution in [2.75, 3.05) is 25.0 Å². The summed E-state index contributed by atoms with van der Waals surface area (Å²) in [6.45, 7) is 4.00. The van der Waals surface area contributed by atoms with Crippen molar-refractivity contribution in [1.29, 1.82) is 0 Å². The number of nitrogens with zero attached hydrogens (tertiary/aromatic N) is 2. The third-order valence-corrected chi connectivity index (χ3v) is 4.69. The quantitative estimate of drug-likeness (QED) is 0.934. The molecule has 1 aromatic carbocycles. The molecule has 0 radical (unpaired) electrons. The van der Waals surface area contributed by atoms with E-state index in [-0.39, 0.29) is 17.6 Å². The van der Waals surface area contributed by atoms with Crippen LogP contribution in [0.1, 0.15) is 30.2 Å². The van der Waals surface area contributed by atoms with Crippen LogP contribution in [0.15, 0.2) is 40.9 Å². The second kappa shape index (κ2) is 6.03. The Kier molecular flexibility index (Phi) is 3.86. The zero-order chi connectivity index (χ0) is 16.6. The third kappa shape index (κ3) is 3.07. The van der Waals surface area contributed by atoms with Gasteiger partial charge in [-0.05, 0) is 25.3 Å². The number of hydrogen-bond donors (Lipinski definition) is 1. The van der Waals surface area contributed by atoms with E-state index < -0.39 is 0 Å². The van der Waals surface area contributed by atoms with E-state index in [1.165, 1.54) is 0 Å². The summed E-state index contributed by atoms with van der Waals surface area (Å²) in [4.78, 5) is 15.2. The maximum atomic E-state index is 13.0. The molecule has 1 aliphatic heterocycles. The second-order valence-electron chi connectivity index (χ2n) is 6.63. The lowest BCUT2D eigenvalue weighted by molar-refractivity contribution is -0.126. The van der Waals surface area contributed by atoms with Crippen molar-refractivity contribution in [2.24, 2.45) is 0 Å². The SMILES string of the molecule is Cc1cc(NC(=O)C(c2ccccc2)N2CCOC3(CC3)C2)no1. The molecule has 1 saturated carbocycles. The highest BCUT2D eigenvalue weighted by Gasteiger charge is 2.49. The topological polar surface area (TPSA) is 67.6 Å². The second-order valence-corrected chi connectivity index (χ2v) is 6.63. The Hall–Kier alpha value is -2.18. The van der Waals surface area contributed by atoms with E-state index in [2.05, 4.69) is 15.4 Å². The molecular formula is C18H21N3O3. The first-order valence-electron chi connectivity index (χ1n) is 8.32. The predicted molar refractivity (Wildman–Crippen MR) is 88.5 cm³/mol. The Balaban J connectivity index is 1.59. The van der Waals surface area contributed by atoms with Crippen molar-refractivity contribution >= 4 is 11.7 Å². The summed E-state index contributed by atoms with van der Waals surface area (Å²) < 4.78 is 10.9. The summed E-state index contributed by atoms with van der Waals surface area (Å²) in [5, 5.41) is 6.75. The van der Waals surface area contributed by atoms with Gasteiger partial charge in [-0.15, -0.1) is 0 Å². The molecule has 6 heteroatoms. The molecular weight excluding hydrogens is 306 g/mol. The molecule has 1 N–H and O–H groups in total. The Bertz CT molecular complexity index is 724. The molecule has 126 valence electrons. The Labute approximate surface area is 140 Å². The summed E-state index contributed by atoms with van der Waals surface area (Å²) in [6.07, 6.45) is 2.16. The van der Waals surface area contributed by atoms with Crippen molar-refractivity contribution in [3.63, 3.8) is 0 Å². The number of rotatable bonds is 4. The molecule has 1 amide bonds. The van der Waals surface area contributed by atoms with Gasteiger partial charge >= 0.3 is 0 Å². The normalized spacial score (nSPS) is 20.7. The highest BCUT2D eigenvalue weighted by atomic mass is 16.5. The number of amides is 1. The summed E-state index contributed by atoms with van der Waals surface area (Å²) in [7, 11) is 0. The lowest BCUT2D eigenvalue weighted by atomic mass is 10.0. The Morgan fingerprint density at radius 1 is 1.33 bits per heavy atom. The van der Waals surface area contributed by atoms with Crippen LogP contribution in [0.25, 0.3) is 0 Å². The smallest absolute Gasteiger partial charge is 0.247 e. The number of morpholine rings is 1. The molecule has 2 heterocycles. The van der Waals surface area contributed by atoms with Gasteiger partial charge in [-0.3, -0.25) is 9.69 Å². The predicted octanol–water partition coefficient (Wildman–Crippen LogP) is 2.53. The lowest BCUT2D eigenvalue weighted by Crippen LogP contribution is -2.48. The van der Waals surface area contributed by atoms with Gasteiger partial charge in [-0.25, -0.2) is 0 Å². The van der Waals surface area contributed by atoms with Gasteiger partial charge < -0.3 is 14.6 Å². The number of aromatic nitrogens is 1. The number of ether oxygens (including phenoxy) is 1. The van der Waals surface area contributed by atoms with Gasteiger partial charge in [0.25, 0.3) is 0 Å². The molecule has 2 fully saturated rings. The Morgan fingerprint density at radius 3 is 2.79 bits per heavy atom. The van der Waals surface area contributed by atoms with E-state index in [0.717, 1.165) is 31.5 Å². The van der Waals surface area contributed by atoms with E-state index in [9.17, 15) is 4.79 Å². The number of benzene rings is 1. The van der Waals surface area contributed by atoms with Crippen molar-refractivity contribution in [1.82, 2.24) is 10.1 Å². The van der Waals surface area contributed by atoms with Crippen LogP contribution in [0.2, 0.25) is 0 Å². The fourth-order valence-corrected chi connectivity index (χ4v) is 3.32. The number of anilines is 1. The monoisotopic (exact) mass is 327 g/mol. The average molecular weight is 327 g/mol. The van der Waals surface area contributed by atoms with Crippen LogP contribution in [0.5, 0.6) is 0 Å². The zero-order valence-electron chi connectivity index (χ0n) is 13.7. The molecule has 4 rings (SSSR count). The van der Waals surface area contributed by atoms with Gasteiger partial charge in [0.15, 0.2) is 5.82 Å². The van der Waals surface area contributed by atoms with Gasteiger partial charge in [-0.2, -0.15) is 0 Å². The van der Waals surface area contributed by atoms with Crippen LogP contribution in [-0.4, -0.2) is 41.3 Å². The van der Waals surface area contributed by atoms with Crippen LogP contribution in [0, 0.1) is 6.92 Å². The van der Waals surface area contributed by atoms with Crippen LogP contribution in [-0.2, 0) is 9.53 Å². The fourth-order valence-electron chi connectivity index (χ4n) is 3.32. The van der Waals surface area contributed by atoms with Crippen LogP contribution < -0.4 is 5.32 Å². The number of nitrogens with one attached hydrogen (secondary N) is 1. The van der Waals surface area contributed by atoms with E-state index in [4.69, 9.17) is 9.26 Å². The standard InChI is InChI=1S/C18H21N3O3/c1-13-11-15(20-24-13)19-17(22)16(14-5-3-2-4-6-14)21-9-10-23-18(12-21)7-8-18/h2-6,11,16H,7-10,12H2,1H3,(H,19,20,22).